The molecule has 1 aromatic rings. The highest BCUT2D eigenvalue weighted by Crippen LogP contribution is 2.20. The van der Waals surface area contributed by atoms with Crippen LogP contribution in [0.1, 0.15) is 37.8 Å². The van der Waals surface area contributed by atoms with Gasteiger partial charge in [-0.25, -0.2) is 0 Å². The summed E-state index contributed by atoms with van der Waals surface area (Å²) in [6, 6.07) is 8.33. The highest BCUT2D eigenvalue weighted by Gasteiger charge is 2.34. The Morgan fingerprint density at radius 1 is 1.38 bits per heavy atom. The summed E-state index contributed by atoms with van der Waals surface area (Å²) >= 11 is 0. The molecule has 1 aromatic carbocycles. The van der Waals surface area contributed by atoms with Gasteiger partial charge in [-0.15, -0.1) is 0 Å². The molecule has 4 nitrogen and oxygen atoms in total. The van der Waals surface area contributed by atoms with Gasteiger partial charge >= 0.3 is 0 Å². The van der Waals surface area contributed by atoms with Gasteiger partial charge in [-0.05, 0) is 25.8 Å². The van der Waals surface area contributed by atoms with Gasteiger partial charge < -0.3 is 10.2 Å². The number of aryl methyl sites for hydroxylation is 1. The second-order valence-electron chi connectivity index (χ2n) is 5.98. The van der Waals surface area contributed by atoms with Gasteiger partial charge in [-0.1, -0.05) is 36.8 Å². The van der Waals surface area contributed by atoms with Crippen LogP contribution in [0.3, 0.4) is 0 Å². The van der Waals surface area contributed by atoms with E-state index in [1.165, 1.54) is 5.56 Å². The summed E-state index contributed by atoms with van der Waals surface area (Å²) in [5.74, 6) is -0.138. The van der Waals surface area contributed by atoms with Crippen LogP contribution < -0.4 is 5.32 Å². The molecule has 1 fully saturated rings. The monoisotopic (exact) mass is 288 g/mol. The van der Waals surface area contributed by atoms with Crippen molar-refractivity contribution in [2.45, 2.75) is 46.2 Å². The molecule has 0 aliphatic carbocycles. The van der Waals surface area contributed by atoms with E-state index in [-0.39, 0.29) is 23.8 Å². The van der Waals surface area contributed by atoms with E-state index in [2.05, 4.69) is 5.32 Å². The van der Waals surface area contributed by atoms with Crippen molar-refractivity contribution in [3.63, 3.8) is 0 Å². The van der Waals surface area contributed by atoms with E-state index in [0.29, 0.717) is 19.5 Å². The molecule has 1 aliphatic heterocycles. The van der Waals surface area contributed by atoms with Crippen LogP contribution in [0.25, 0.3) is 0 Å². The topological polar surface area (TPSA) is 49.4 Å². The molecule has 0 bridgehead atoms. The number of likely N-dealkylation sites (tertiary alicyclic amines) is 1. The van der Waals surface area contributed by atoms with E-state index >= 15 is 0 Å². The smallest absolute Gasteiger partial charge is 0.225 e. The van der Waals surface area contributed by atoms with Crippen LogP contribution in [0.15, 0.2) is 24.3 Å². The molecule has 2 amide bonds. The fraction of sp³-hybridized carbons (Fsp3) is 0.529. The van der Waals surface area contributed by atoms with Crippen molar-refractivity contribution < 1.29 is 9.59 Å². The lowest BCUT2D eigenvalue weighted by atomic mass is 10.1. The van der Waals surface area contributed by atoms with E-state index in [1.54, 1.807) is 4.90 Å². The second-order valence-corrected chi connectivity index (χ2v) is 5.98. The van der Waals surface area contributed by atoms with Crippen molar-refractivity contribution in [1.29, 1.82) is 0 Å². The first-order valence-electron chi connectivity index (χ1n) is 7.63. The van der Waals surface area contributed by atoms with Crippen molar-refractivity contribution in [2.24, 2.45) is 5.92 Å². The van der Waals surface area contributed by atoms with E-state index in [9.17, 15) is 9.59 Å². The number of hydrogen-bond donors (Lipinski definition) is 1. The molecule has 0 aromatic heterocycles. The molecule has 1 saturated heterocycles. The fourth-order valence-corrected chi connectivity index (χ4v) is 2.48. The number of nitrogens with one attached hydrogen (secondary N) is 1. The Kier molecular flexibility index (Phi) is 4.99. The minimum Gasteiger partial charge on any atom is -0.353 e. The van der Waals surface area contributed by atoms with Gasteiger partial charge in [0.25, 0.3) is 0 Å². The fourth-order valence-electron chi connectivity index (χ4n) is 2.48. The number of carbonyl (C=O) groups is 2. The number of carbonyl (C=O) groups excluding carboxylic acids is 2. The largest absolute Gasteiger partial charge is 0.353 e. The van der Waals surface area contributed by atoms with Crippen molar-refractivity contribution >= 4 is 11.8 Å². The number of nitrogens with zero attached hydrogens (tertiary/aromatic N) is 1. The normalized spacial score (nSPS) is 19.7. The Labute approximate surface area is 126 Å². The lowest BCUT2D eigenvalue weighted by Gasteiger charge is -2.18. The van der Waals surface area contributed by atoms with Crippen LogP contribution in [-0.4, -0.2) is 29.3 Å². The van der Waals surface area contributed by atoms with Gasteiger partial charge in [0.1, 0.15) is 0 Å². The average molecular weight is 288 g/mol. The van der Waals surface area contributed by atoms with Crippen LogP contribution in [0.5, 0.6) is 0 Å². The quantitative estimate of drug-likeness (QED) is 0.903. The first kappa shape index (κ1) is 15.5. The first-order chi connectivity index (χ1) is 9.99. The number of rotatable bonds is 5. The highest BCUT2D eigenvalue weighted by atomic mass is 16.2. The number of benzene rings is 1. The lowest BCUT2D eigenvalue weighted by molar-refractivity contribution is -0.129. The summed E-state index contributed by atoms with van der Waals surface area (Å²) in [6.45, 7) is 7.18. The van der Waals surface area contributed by atoms with Crippen LogP contribution in [0.4, 0.5) is 0 Å². The third-order valence-corrected chi connectivity index (χ3v) is 4.08. The van der Waals surface area contributed by atoms with Crippen LogP contribution in [0.2, 0.25) is 0 Å². The first-order valence-corrected chi connectivity index (χ1v) is 7.63. The maximum atomic E-state index is 12.1. The minimum absolute atomic E-state index is 0.00380. The van der Waals surface area contributed by atoms with Crippen molar-refractivity contribution in [2.75, 3.05) is 6.54 Å². The molecule has 4 heteroatoms. The summed E-state index contributed by atoms with van der Waals surface area (Å²) in [5.41, 5.74) is 2.31. The molecule has 21 heavy (non-hydrogen) atoms. The Morgan fingerprint density at radius 3 is 2.67 bits per heavy atom. The highest BCUT2D eigenvalue weighted by molar-refractivity contribution is 5.89. The Bertz CT molecular complexity index is 510. The van der Waals surface area contributed by atoms with Crippen LogP contribution in [-0.2, 0) is 16.1 Å². The number of hydrogen-bond acceptors (Lipinski definition) is 2. The molecule has 1 aliphatic rings. The van der Waals surface area contributed by atoms with E-state index in [1.807, 2.05) is 45.0 Å². The van der Waals surface area contributed by atoms with Gasteiger partial charge in [0.15, 0.2) is 0 Å². The summed E-state index contributed by atoms with van der Waals surface area (Å²) in [5, 5.41) is 2.97. The van der Waals surface area contributed by atoms with Crippen molar-refractivity contribution in [1.82, 2.24) is 10.2 Å². The molecule has 0 spiro atoms. The summed E-state index contributed by atoms with van der Waals surface area (Å²) in [4.78, 5) is 26.0. The third kappa shape index (κ3) is 4.06. The zero-order chi connectivity index (χ0) is 15.4. The number of amides is 2. The van der Waals surface area contributed by atoms with Gasteiger partial charge in [0, 0.05) is 25.6 Å². The molecule has 1 heterocycles. The average Bonchev–Trinajstić information content (AvgIpc) is 2.82. The van der Waals surface area contributed by atoms with E-state index in [4.69, 9.17) is 0 Å². The lowest BCUT2D eigenvalue weighted by Crippen LogP contribution is -2.38. The molecule has 2 rings (SSSR count). The minimum atomic E-state index is -0.211. The molecule has 0 unspecified atom stereocenters. The second kappa shape index (κ2) is 6.74. The Balaban J connectivity index is 1.93. The molecule has 114 valence electrons. The van der Waals surface area contributed by atoms with Crippen LogP contribution >= 0.6 is 0 Å². The van der Waals surface area contributed by atoms with Crippen molar-refractivity contribution in [3.05, 3.63) is 35.4 Å². The Hall–Kier alpha value is -1.84. The van der Waals surface area contributed by atoms with E-state index in [0.717, 1.165) is 12.0 Å². The zero-order valence-corrected chi connectivity index (χ0v) is 13.1. The maximum Gasteiger partial charge on any atom is 0.225 e. The van der Waals surface area contributed by atoms with Gasteiger partial charge in [-0.3, -0.25) is 9.59 Å². The molecule has 2 atom stereocenters. The maximum absolute atomic E-state index is 12.1. The SMILES string of the molecule is CC[C@H](C)NC(=O)[C@@H]1CC(=O)N(Cc2ccc(C)cc2)C1. The third-order valence-electron chi connectivity index (χ3n) is 4.08. The zero-order valence-electron chi connectivity index (χ0n) is 13.1. The van der Waals surface area contributed by atoms with E-state index < -0.39 is 0 Å². The van der Waals surface area contributed by atoms with Gasteiger partial charge in [0.05, 0.1) is 5.92 Å². The molecular formula is C17H24N2O2. The summed E-state index contributed by atoms with van der Waals surface area (Å²) in [7, 11) is 0. The molecule has 0 radical (unpaired) electrons. The molecule has 0 saturated carbocycles. The van der Waals surface area contributed by atoms with Gasteiger partial charge in [0.2, 0.25) is 11.8 Å². The standard InChI is InChI=1S/C17H24N2O2/c1-4-13(3)18-17(21)15-9-16(20)19(11-15)10-14-7-5-12(2)6-8-14/h5-8,13,15H,4,9-11H2,1-3H3,(H,18,21)/t13-,15+/m0/s1. The molecule has 1 N–H and O–H groups in total. The van der Waals surface area contributed by atoms with Crippen LogP contribution in [0, 0.1) is 12.8 Å². The molecular weight excluding hydrogens is 264 g/mol. The van der Waals surface area contributed by atoms with Gasteiger partial charge in [-0.2, -0.15) is 0 Å². The predicted octanol–water partition coefficient (Wildman–Crippen LogP) is 2.26. The summed E-state index contributed by atoms with van der Waals surface area (Å²) in [6.07, 6.45) is 1.23. The van der Waals surface area contributed by atoms with Crippen molar-refractivity contribution in [3.8, 4) is 0 Å². The Morgan fingerprint density at radius 2 is 2.05 bits per heavy atom. The summed E-state index contributed by atoms with van der Waals surface area (Å²) < 4.78 is 0. The predicted molar refractivity (Wildman–Crippen MR) is 82.6 cm³/mol.